The van der Waals surface area contributed by atoms with Crippen LogP contribution in [0.1, 0.15) is 38.5 Å². The maximum Gasteiger partial charge on any atom is 0.266 e. The molecule has 0 amide bonds. The molecule has 1 aromatic carbocycles. The molecule has 0 unspecified atom stereocenters. The van der Waals surface area contributed by atoms with Crippen LogP contribution in [0.4, 0.5) is 20.3 Å². The molecule has 2 heterocycles. The third kappa shape index (κ3) is 5.59. The molecule has 1 aromatic heterocycles. The molecular weight excluding hydrogens is 488 g/mol. The Balaban J connectivity index is 1.53. The number of rotatable bonds is 7. The van der Waals surface area contributed by atoms with Crippen LogP contribution in [0, 0.1) is 5.82 Å². The van der Waals surface area contributed by atoms with E-state index in [1.165, 1.54) is 18.6 Å². The van der Waals surface area contributed by atoms with Gasteiger partial charge in [-0.05, 0) is 50.4 Å². The fraction of sp³-hybridized carbons (Fsp3) is 0.545. The van der Waals surface area contributed by atoms with Crippen molar-refractivity contribution in [2.75, 3.05) is 29.7 Å². The van der Waals surface area contributed by atoms with Gasteiger partial charge in [-0.15, -0.1) is 0 Å². The number of benzene rings is 1. The van der Waals surface area contributed by atoms with Crippen LogP contribution in [0.25, 0.3) is 0 Å². The van der Waals surface area contributed by atoms with Crippen molar-refractivity contribution in [2.24, 2.45) is 0 Å². The Morgan fingerprint density at radius 1 is 1.26 bits per heavy atom. The first kappa shape index (κ1) is 25.0. The summed E-state index contributed by atoms with van der Waals surface area (Å²) in [6.07, 6.45) is 7.09. The molecule has 1 saturated heterocycles. The molecule has 0 bridgehead atoms. The molecule has 12 heteroatoms. The van der Waals surface area contributed by atoms with Crippen molar-refractivity contribution in [2.45, 2.75) is 61.2 Å². The molecular formula is C22H28ClF2N5O3S. The molecule has 2 aromatic rings. The van der Waals surface area contributed by atoms with Crippen LogP contribution in [0.15, 0.2) is 35.6 Å². The molecule has 34 heavy (non-hydrogen) atoms. The van der Waals surface area contributed by atoms with Crippen LogP contribution in [0.5, 0.6) is 0 Å². The highest BCUT2D eigenvalue weighted by Gasteiger charge is 2.40. The Morgan fingerprint density at radius 3 is 2.79 bits per heavy atom. The third-order valence-corrected chi connectivity index (χ3v) is 8.19. The zero-order chi connectivity index (χ0) is 24.3. The average Bonchev–Trinajstić information content (AvgIpc) is 2.82. The molecule has 1 aliphatic heterocycles. The van der Waals surface area contributed by atoms with E-state index >= 15 is 0 Å². The van der Waals surface area contributed by atoms with E-state index < -0.39 is 33.0 Å². The van der Waals surface area contributed by atoms with E-state index in [9.17, 15) is 22.3 Å². The first-order valence-corrected chi connectivity index (χ1v) is 13.2. The van der Waals surface area contributed by atoms with Gasteiger partial charge in [0, 0.05) is 24.8 Å². The number of hydrogen-bond donors (Lipinski definition) is 3. The van der Waals surface area contributed by atoms with Crippen LogP contribution in [-0.2, 0) is 10.0 Å². The highest BCUT2D eigenvalue weighted by atomic mass is 35.5. The molecule has 2 fully saturated rings. The number of aromatic nitrogens is 2. The number of alkyl halides is 1. The molecule has 186 valence electrons. The predicted octanol–water partition coefficient (Wildman–Crippen LogP) is 3.59. The van der Waals surface area contributed by atoms with Gasteiger partial charge in [-0.1, -0.05) is 24.4 Å². The van der Waals surface area contributed by atoms with Gasteiger partial charge in [0.25, 0.3) is 10.0 Å². The van der Waals surface area contributed by atoms with Crippen LogP contribution < -0.4 is 10.0 Å². The third-order valence-electron chi connectivity index (χ3n) is 6.51. The number of anilines is 2. The average molecular weight is 516 g/mol. The Labute approximate surface area is 202 Å². The number of nitrogens with one attached hydrogen (secondary N) is 2. The van der Waals surface area contributed by atoms with Gasteiger partial charge >= 0.3 is 0 Å². The normalized spacial score (nSPS) is 26.2. The summed E-state index contributed by atoms with van der Waals surface area (Å²) < 4.78 is 57.3. The lowest BCUT2D eigenvalue weighted by molar-refractivity contribution is -0.0236. The van der Waals surface area contributed by atoms with Gasteiger partial charge in [-0.25, -0.2) is 27.2 Å². The second kappa shape index (κ2) is 10.3. The van der Waals surface area contributed by atoms with E-state index in [2.05, 4.69) is 24.9 Å². The van der Waals surface area contributed by atoms with E-state index in [1.807, 2.05) is 0 Å². The number of hydrogen-bond acceptors (Lipinski definition) is 7. The standard InChI is InChI=1S/C22H28ClF2N5O3S/c23-15-10-20(34(32,33)29-21-6-8-26-14-27-21)16(24)11-18(15)28-17-4-1-2-5-19(17)30-9-3-7-22(25,12-30)13-31/h6,8,10-11,14,17,19,28,31H,1-5,7,9,12-13H2,(H,26,27,29)/t17-,19-,22+/m0/s1. The summed E-state index contributed by atoms with van der Waals surface area (Å²) in [5.41, 5.74) is -1.33. The molecule has 3 N–H and O–H groups in total. The minimum Gasteiger partial charge on any atom is -0.393 e. The monoisotopic (exact) mass is 515 g/mol. The number of aliphatic hydroxyl groups is 1. The summed E-state index contributed by atoms with van der Waals surface area (Å²) in [5, 5.41) is 12.8. The van der Waals surface area contributed by atoms with E-state index in [4.69, 9.17) is 11.6 Å². The molecule has 0 spiro atoms. The van der Waals surface area contributed by atoms with E-state index in [0.717, 1.165) is 44.4 Å². The van der Waals surface area contributed by atoms with Crippen LogP contribution in [0.3, 0.4) is 0 Å². The van der Waals surface area contributed by atoms with Crippen molar-refractivity contribution in [1.29, 1.82) is 0 Å². The number of halogens is 3. The highest BCUT2D eigenvalue weighted by molar-refractivity contribution is 7.92. The number of piperidine rings is 1. The van der Waals surface area contributed by atoms with Crippen molar-refractivity contribution in [1.82, 2.24) is 14.9 Å². The van der Waals surface area contributed by atoms with Gasteiger partial charge in [0.2, 0.25) is 0 Å². The Kier molecular flexibility index (Phi) is 7.56. The van der Waals surface area contributed by atoms with E-state index in [-0.39, 0.29) is 35.2 Å². The number of sulfonamides is 1. The summed E-state index contributed by atoms with van der Waals surface area (Å²) in [7, 11) is -4.26. The van der Waals surface area contributed by atoms with Crippen LogP contribution in [0.2, 0.25) is 5.02 Å². The minimum absolute atomic E-state index is 0.00214. The first-order chi connectivity index (χ1) is 16.2. The molecule has 8 nitrogen and oxygen atoms in total. The lowest BCUT2D eigenvalue weighted by atomic mass is 9.86. The SMILES string of the molecule is O=S(=O)(Nc1ccncn1)c1cc(Cl)c(N[C@H]2CCCC[C@@H]2N2CCC[C@](F)(CO)C2)cc1F. The minimum atomic E-state index is -4.26. The Morgan fingerprint density at radius 2 is 2.06 bits per heavy atom. The fourth-order valence-electron chi connectivity index (χ4n) is 4.84. The second-order valence-corrected chi connectivity index (χ2v) is 11.0. The summed E-state index contributed by atoms with van der Waals surface area (Å²) in [5.74, 6) is -0.951. The van der Waals surface area contributed by atoms with Gasteiger partial charge in [0.1, 0.15) is 28.5 Å². The largest absolute Gasteiger partial charge is 0.393 e. The Hall–Kier alpha value is -2.08. The molecule has 4 rings (SSSR count). The molecule has 3 atom stereocenters. The van der Waals surface area contributed by atoms with E-state index in [0.29, 0.717) is 12.8 Å². The smallest absolute Gasteiger partial charge is 0.266 e. The van der Waals surface area contributed by atoms with Gasteiger partial charge in [0.15, 0.2) is 0 Å². The second-order valence-electron chi connectivity index (χ2n) is 8.95. The molecule has 2 aliphatic rings. The van der Waals surface area contributed by atoms with Gasteiger partial charge < -0.3 is 10.4 Å². The predicted molar refractivity (Wildman–Crippen MR) is 126 cm³/mol. The topological polar surface area (TPSA) is 107 Å². The first-order valence-electron chi connectivity index (χ1n) is 11.3. The van der Waals surface area contributed by atoms with Crippen molar-refractivity contribution in [3.8, 4) is 0 Å². The Bertz CT molecular complexity index is 1110. The number of likely N-dealkylation sites (tertiary alicyclic amines) is 1. The van der Waals surface area contributed by atoms with Crippen molar-refractivity contribution < 1.29 is 22.3 Å². The summed E-state index contributed by atoms with van der Waals surface area (Å²) in [4.78, 5) is 8.97. The lowest BCUT2D eigenvalue weighted by Gasteiger charge is -2.45. The van der Waals surface area contributed by atoms with Gasteiger partial charge in [-0.3, -0.25) is 9.62 Å². The zero-order valence-electron chi connectivity index (χ0n) is 18.6. The molecule has 1 aliphatic carbocycles. The quantitative estimate of drug-likeness (QED) is 0.517. The maximum absolute atomic E-state index is 14.9. The fourth-order valence-corrected chi connectivity index (χ4v) is 6.22. The highest BCUT2D eigenvalue weighted by Crippen LogP contribution is 2.35. The zero-order valence-corrected chi connectivity index (χ0v) is 20.1. The molecule has 1 saturated carbocycles. The van der Waals surface area contributed by atoms with E-state index in [1.54, 1.807) is 0 Å². The maximum atomic E-state index is 14.9. The summed E-state index contributed by atoms with van der Waals surface area (Å²) in [6.45, 7) is 0.368. The molecule has 0 radical (unpaired) electrons. The van der Waals surface area contributed by atoms with Crippen molar-refractivity contribution in [3.05, 3.63) is 41.6 Å². The lowest BCUT2D eigenvalue weighted by Crippen LogP contribution is -2.56. The van der Waals surface area contributed by atoms with Crippen LogP contribution in [-0.4, -0.2) is 65.8 Å². The van der Waals surface area contributed by atoms with Gasteiger partial charge in [-0.2, -0.15) is 0 Å². The number of nitrogens with zero attached hydrogens (tertiary/aromatic N) is 3. The number of aliphatic hydroxyl groups excluding tert-OH is 1. The van der Waals surface area contributed by atoms with Crippen molar-refractivity contribution in [3.63, 3.8) is 0 Å². The van der Waals surface area contributed by atoms with Crippen molar-refractivity contribution >= 4 is 33.1 Å². The van der Waals surface area contributed by atoms with Crippen LogP contribution >= 0.6 is 11.6 Å². The van der Waals surface area contributed by atoms with Gasteiger partial charge in [0.05, 0.1) is 17.3 Å². The summed E-state index contributed by atoms with van der Waals surface area (Å²) >= 11 is 6.38. The summed E-state index contributed by atoms with van der Waals surface area (Å²) in [6, 6.07) is 3.37.